The van der Waals surface area contributed by atoms with Gasteiger partial charge in [-0.25, -0.2) is 4.98 Å². The Hall–Kier alpha value is -1.72. The number of aryl methyl sites for hydroxylation is 1. The molecule has 1 aromatic carbocycles. The molecule has 0 N–H and O–H groups in total. The number of amides is 2. The second kappa shape index (κ2) is 5.14. The molecule has 2 aliphatic rings. The smallest absolute Gasteiger partial charge is 0.238 e. The van der Waals surface area contributed by atoms with Gasteiger partial charge in [0, 0.05) is 22.9 Å². The van der Waals surface area contributed by atoms with Gasteiger partial charge in [-0.3, -0.25) is 14.5 Å². The van der Waals surface area contributed by atoms with Gasteiger partial charge in [-0.1, -0.05) is 23.7 Å². The van der Waals surface area contributed by atoms with Gasteiger partial charge in [0.1, 0.15) is 0 Å². The van der Waals surface area contributed by atoms with Crippen LogP contribution in [0.25, 0.3) is 0 Å². The summed E-state index contributed by atoms with van der Waals surface area (Å²) in [5.74, 6) is -0.947. The highest BCUT2D eigenvalue weighted by Gasteiger charge is 2.54. The molecule has 118 valence electrons. The molecule has 1 saturated heterocycles. The van der Waals surface area contributed by atoms with Crippen molar-refractivity contribution in [3.05, 3.63) is 50.4 Å². The van der Waals surface area contributed by atoms with Crippen LogP contribution in [-0.2, 0) is 16.0 Å². The van der Waals surface area contributed by atoms with E-state index >= 15 is 0 Å². The van der Waals surface area contributed by atoms with E-state index in [-0.39, 0.29) is 29.6 Å². The van der Waals surface area contributed by atoms with E-state index in [1.807, 2.05) is 31.2 Å². The molecule has 2 aromatic rings. The van der Waals surface area contributed by atoms with Crippen LogP contribution in [0.2, 0.25) is 5.02 Å². The van der Waals surface area contributed by atoms with Crippen LogP contribution in [0.1, 0.15) is 33.0 Å². The Kier molecular flexibility index (Phi) is 3.32. The first-order valence-corrected chi connectivity index (χ1v) is 8.70. The van der Waals surface area contributed by atoms with E-state index in [0.717, 1.165) is 21.1 Å². The molecule has 1 aliphatic carbocycles. The Bertz CT molecular complexity index is 815. The predicted molar refractivity (Wildman–Crippen MR) is 88.8 cm³/mol. The summed E-state index contributed by atoms with van der Waals surface area (Å²) in [6, 6.07) is 7.56. The summed E-state index contributed by atoms with van der Waals surface area (Å²) >= 11 is 7.52. The van der Waals surface area contributed by atoms with E-state index in [2.05, 4.69) is 4.98 Å². The number of imide groups is 1. The van der Waals surface area contributed by atoms with Crippen molar-refractivity contribution in [3.63, 3.8) is 0 Å². The van der Waals surface area contributed by atoms with Crippen molar-refractivity contribution in [2.75, 3.05) is 7.05 Å². The number of halogens is 1. The fraction of sp³-hybridized carbons (Fsp3) is 0.353. The molecule has 23 heavy (non-hydrogen) atoms. The molecular weight excluding hydrogens is 332 g/mol. The number of carbonyl (C=O) groups excluding carboxylic acids is 2. The molecule has 0 radical (unpaired) electrons. The van der Waals surface area contributed by atoms with Crippen molar-refractivity contribution < 1.29 is 9.59 Å². The maximum Gasteiger partial charge on any atom is 0.238 e. The second-order valence-corrected chi connectivity index (χ2v) is 7.82. The third kappa shape index (κ3) is 2.14. The van der Waals surface area contributed by atoms with Crippen LogP contribution in [0.4, 0.5) is 0 Å². The Labute approximate surface area is 143 Å². The number of hydrogen-bond donors (Lipinski definition) is 0. The number of aromatic nitrogens is 1. The van der Waals surface area contributed by atoms with Crippen molar-refractivity contribution in [1.29, 1.82) is 0 Å². The lowest BCUT2D eigenvalue weighted by atomic mass is 9.72. The van der Waals surface area contributed by atoms with Gasteiger partial charge < -0.3 is 0 Å². The van der Waals surface area contributed by atoms with Crippen molar-refractivity contribution in [1.82, 2.24) is 9.88 Å². The number of thiazole rings is 1. The number of fused-ring (bicyclic) bond motifs is 3. The van der Waals surface area contributed by atoms with Gasteiger partial charge in [0.2, 0.25) is 11.8 Å². The number of nitrogens with zero attached hydrogens (tertiary/aromatic N) is 2. The SMILES string of the molecule is Cc1nc2c(s1)[C@H]1C(=O)N(C)C(=O)[C@H]1[C@@H](c1ccc(Cl)cc1)C2. The maximum atomic E-state index is 12.7. The fourth-order valence-electron chi connectivity index (χ4n) is 3.76. The minimum atomic E-state index is -0.386. The van der Waals surface area contributed by atoms with Gasteiger partial charge in [-0.05, 0) is 31.0 Å². The third-order valence-electron chi connectivity index (χ3n) is 4.83. The number of likely N-dealkylation sites (N-methyl/N-ethyl adjacent to an activating group) is 1. The van der Waals surface area contributed by atoms with Crippen LogP contribution in [0.15, 0.2) is 24.3 Å². The maximum absolute atomic E-state index is 12.7. The Balaban J connectivity index is 1.86. The van der Waals surface area contributed by atoms with E-state index in [9.17, 15) is 9.59 Å². The minimum Gasteiger partial charge on any atom is -0.285 e. The van der Waals surface area contributed by atoms with E-state index < -0.39 is 0 Å². The van der Waals surface area contributed by atoms with E-state index in [1.165, 1.54) is 4.90 Å². The molecule has 1 fully saturated rings. The Morgan fingerprint density at radius 1 is 1.22 bits per heavy atom. The first-order valence-electron chi connectivity index (χ1n) is 7.50. The molecule has 3 atom stereocenters. The van der Waals surface area contributed by atoms with Crippen LogP contribution in [-0.4, -0.2) is 28.7 Å². The highest BCUT2D eigenvalue weighted by molar-refractivity contribution is 7.12. The topological polar surface area (TPSA) is 50.3 Å². The summed E-state index contributed by atoms with van der Waals surface area (Å²) in [5.41, 5.74) is 2.00. The summed E-state index contributed by atoms with van der Waals surface area (Å²) in [4.78, 5) is 32.1. The average Bonchev–Trinajstić information content (AvgIpc) is 3.00. The second-order valence-electron chi connectivity index (χ2n) is 6.14. The van der Waals surface area contributed by atoms with Crippen molar-refractivity contribution in [3.8, 4) is 0 Å². The minimum absolute atomic E-state index is 0.0346. The number of rotatable bonds is 1. The molecule has 0 saturated carbocycles. The van der Waals surface area contributed by atoms with Gasteiger partial charge >= 0.3 is 0 Å². The molecule has 1 aromatic heterocycles. The molecule has 6 heteroatoms. The standard InChI is InChI=1S/C17H15ClN2O2S/c1-8-19-12-7-11(9-3-5-10(18)6-4-9)13-14(15(12)23-8)17(22)20(2)16(13)21/h3-6,11,13-14H,7H2,1-2H3/t11-,13+,14+/m1/s1. The molecule has 0 unspecified atom stereocenters. The summed E-state index contributed by atoms with van der Waals surface area (Å²) < 4.78 is 0. The highest BCUT2D eigenvalue weighted by atomic mass is 35.5. The average molecular weight is 347 g/mol. The molecule has 1 aliphatic heterocycles. The Morgan fingerprint density at radius 2 is 1.91 bits per heavy atom. The van der Waals surface area contributed by atoms with Crippen LogP contribution >= 0.6 is 22.9 Å². The summed E-state index contributed by atoms with van der Waals surface area (Å²) in [6.07, 6.45) is 0.690. The lowest BCUT2D eigenvalue weighted by molar-refractivity contribution is -0.137. The summed E-state index contributed by atoms with van der Waals surface area (Å²) in [6.45, 7) is 1.94. The lowest BCUT2D eigenvalue weighted by Gasteiger charge is -2.30. The molecule has 2 heterocycles. The first kappa shape index (κ1) is 14.8. The summed E-state index contributed by atoms with van der Waals surface area (Å²) in [5, 5.41) is 1.61. The summed E-state index contributed by atoms with van der Waals surface area (Å²) in [7, 11) is 1.58. The number of carbonyl (C=O) groups is 2. The number of benzene rings is 1. The molecule has 2 amide bonds. The van der Waals surface area contributed by atoms with Crippen LogP contribution in [0.5, 0.6) is 0 Å². The third-order valence-corrected chi connectivity index (χ3v) is 6.18. The van der Waals surface area contributed by atoms with Crippen LogP contribution in [0.3, 0.4) is 0 Å². The molecular formula is C17H15ClN2O2S. The van der Waals surface area contributed by atoms with Gasteiger partial charge in [0.25, 0.3) is 0 Å². The van der Waals surface area contributed by atoms with Gasteiger partial charge in [-0.2, -0.15) is 0 Å². The zero-order chi connectivity index (χ0) is 16.3. The zero-order valence-electron chi connectivity index (χ0n) is 12.7. The normalized spacial score (nSPS) is 26.4. The fourth-order valence-corrected chi connectivity index (χ4v) is 4.98. The largest absolute Gasteiger partial charge is 0.285 e. The van der Waals surface area contributed by atoms with Crippen LogP contribution < -0.4 is 0 Å². The number of hydrogen-bond acceptors (Lipinski definition) is 4. The van der Waals surface area contributed by atoms with E-state index in [0.29, 0.717) is 11.4 Å². The van der Waals surface area contributed by atoms with Crippen molar-refractivity contribution in [2.24, 2.45) is 5.92 Å². The molecule has 4 rings (SSSR count). The van der Waals surface area contributed by atoms with Gasteiger partial charge in [0.15, 0.2) is 0 Å². The lowest BCUT2D eigenvalue weighted by Crippen LogP contribution is -2.30. The highest BCUT2D eigenvalue weighted by Crippen LogP contribution is 2.50. The zero-order valence-corrected chi connectivity index (χ0v) is 14.3. The van der Waals surface area contributed by atoms with E-state index in [4.69, 9.17) is 11.6 Å². The van der Waals surface area contributed by atoms with E-state index in [1.54, 1.807) is 18.4 Å². The van der Waals surface area contributed by atoms with Gasteiger partial charge in [0.05, 0.1) is 22.5 Å². The quantitative estimate of drug-likeness (QED) is 0.745. The predicted octanol–water partition coefficient (Wildman–Crippen LogP) is 3.14. The molecule has 0 bridgehead atoms. The van der Waals surface area contributed by atoms with Crippen molar-refractivity contribution in [2.45, 2.75) is 25.2 Å². The number of likely N-dealkylation sites (tertiary alicyclic amines) is 1. The first-order chi connectivity index (χ1) is 11.0. The van der Waals surface area contributed by atoms with Gasteiger partial charge in [-0.15, -0.1) is 11.3 Å². The Morgan fingerprint density at radius 3 is 2.61 bits per heavy atom. The van der Waals surface area contributed by atoms with Crippen LogP contribution in [0, 0.1) is 12.8 Å². The monoisotopic (exact) mass is 346 g/mol. The van der Waals surface area contributed by atoms with Crippen molar-refractivity contribution >= 4 is 34.8 Å². The molecule has 0 spiro atoms. The molecule has 4 nitrogen and oxygen atoms in total.